The maximum atomic E-state index is 15.0. The molecule has 0 amide bonds. The van der Waals surface area contributed by atoms with Crippen molar-refractivity contribution in [3.05, 3.63) is 0 Å². The summed E-state index contributed by atoms with van der Waals surface area (Å²) in [6.45, 7) is 4.00. The summed E-state index contributed by atoms with van der Waals surface area (Å²) < 4.78 is 44.4. The van der Waals surface area contributed by atoms with Gasteiger partial charge in [-0.15, -0.1) is 0 Å². The van der Waals surface area contributed by atoms with E-state index in [9.17, 15) is 13.2 Å². The number of rotatable bonds is 3. The van der Waals surface area contributed by atoms with Crippen molar-refractivity contribution in [3.8, 4) is 0 Å². The zero-order chi connectivity index (χ0) is 15.9. The van der Waals surface area contributed by atoms with Crippen LogP contribution in [-0.4, -0.2) is 12.1 Å². The van der Waals surface area contributed by atoms with Gasteiger partial charge in [0, 0.05) is 5.92 Å². The lowest BCUT2D eigenvalue weighted by Crippen LogP contribution is -2.44. The molecule has 3 aliphatic rings. The third-order valence-electron chi connectivity index (χ3n) is 7.04. The van der Waals surface area contributed by atoms with Gasteiger partial charge >= 0.3 is 0 Å². The Bertz CT molecular complexity index is 373. The Morgan fingerprint density at radius 1 is 0.955 bits per heavy atom. The molecular formula is C19H31F3. The van der Waals surface area contributed by atoms with Gasteiger partial charge in [0.05, 0.1) is 5.92 Å². The molecule has 5 atom stereocenters. The minimum atomic E-state index is -2.78. The van der Waals surface area contributed by atoms with E-state index in [1.165, 1.54) is 12.8 Å². The molecule has 0 saturated heterocycles. The Kier molecular flexibility index (Phi) is 4.81. The molecule has 0 aromatic carbocycles. The van der Waals surface area contributed by atoms with Crippen molar-refractivity contribution in [2.24, 2.45) is 35.5 Å². The van der Waals surface area contributed by atoms with Crippen LogP contribution in [0.5, 0.6) is 0 Å². The molecule has 128 valence electrons. The Hall–Kier alpha value is -0.210. The predicted molar refractivity (Wildman–Crippen MR) is 83.7 cm³/mol. The first-order valence-electron chi connectivity index (χ1n) is 9.47. The van der Waals surface area contributed by atoms with Crippen LogP contribution >= 0.6 is 0 Å². The quantitative estimate of drug-likeness (QED) is 0.577. The predicted octanol–water partition coefficient (Wildman–Crippen LogP) is 6.25. The molecule has 0 aromatic heterocycles. The molecule has 0 N–H and O–H groups in total. The van der Waals surface area contributed by atoms with Crippen LogP contribution in [0.3, 0.4) is 0 Å². The summed E-state index contributed by atoms with van der Waals surface area (Å²) in [6.07, 6.45) is 7.41. The molecule has 3 heteroatoms. The van der Waals surface area contributed by atoms with Crippen LogP contribution in [0.1, 0.15) is 71.6 Å². The first-order valence-corrected chi connectivity index (χ1v) is 9.47. The molecule has 0 aliphatic heterocycles. The highest BCUT2D eigenvalue weighted by atomic mass is 19.3. The monoisotopic (exact) mass is 316 g/mol. The number of hydrogen-bond donors (Lipinski definition) is 0. The van der Waals surface area contributed by atoms with E-state index in [1.54, 1.807) is 6.92 Å². The van der Waals surface area contributed by atoms with Crippen molar-refractivity contribution < 1.29 is 13.2 Å². The maximum Gasteiger partial charge on any atom is 0.257 e. The number of hydrogen-bond acceptors (Lipinski definition) is 0. The summed E-state index contributed by atoms with van der Waals surface area (Å²) in [5, 5.41) is 0. The van der Waals surface area contributed by atoms with Crippen LogP contribution in [0.2, 0.25) is 0 Å². The van der Waals surface area contributed by atoms with Gasteiger partial charge in [0.1, 0.15) is 6.17 Å². The molecule has 0 nitrogen and oxygen atoms in total. The van der Waals surface area contributed by atoms with Gasteiger partial charge in [-0.2, -0.15) is 0 Å². The van der Waals surface area contributed by atoms with Crippen LogP contribution in [0.4, 0.5) is 13.2 Å². The Morgan fingerprint density at radius 3 is 2.23 bits per heavy atom. The van der Waals surface area contributed by atoms with Gasteiger partial charge < -0.3 is 0 Å². The molecule has 3 rings (SSSR count). The van der Waals surface area contributed by atoms with E-state index >= 15 is 0 Å². The molecule has 0 bridgehead atoms. The van der Waals surface area contributed by atoms with Crippen molar-refractivity contribution in [2.45, 2.75) is 83.7 Å². The van der Waals surface area contributed by atoms with Crippen molar-refractivity contribution >= 4 is 0 Å². The van der Waals surface area contributed by atoms with Crippen molar-refractivity contribution in [1.29, 1.82) is 0 Å². The fraction of sp³-hybridized carbons (Fsp3) is 1.00. The Balaban J connectivity index is 1.68. The van der Waals surface area contributed by atoms with E-state index in [2.05, 4.69) is 6.92 Å². The van der Waals surface area contributed by atoms with Gasteiger partial charge in [-0.1, -0.05) is 39.5 Å². The highest BCUT2D eigenvalue weighted by Crippen LogP contribution is 2.59. The van der Waals surface area contributed by atoms with Crippen molar-refractivity contribution in [1.82, 2.24) is 0 Å². The van der Waals surface area contributed by atoms with Gasteiger partial charge in [0.2, 0.25) is 0 Å². The summed E-state index contributed by atoms with van der Waals surface area (Å²) in [4.78, 5) is 0. The second-order valence-electron chi connectivity index (χ2n) is 8.37. The largest absolute Gasteiger partial charge is 0.257 e. The normalized spacial score (nSPS) is 48.1. The average Bonchev–Trinajstić information content (AvgIpc) is 2.76. The molecule has 22 heavy (non-hydrogen) atoms. The standard InChI is InChI=1S/C19H31F3/c1-3-4-13-6-9-14(10-7-13)16-11-15-8-5-12(2)18(20)17(15)19(16,21)22/h12-18H,3-11H2,1-2H3. The van der Waals surface area contributed by atoms with Gasteiger partial charge in [0.15, 0.2) is 0 Å². The van der Waals surface area contributed by atoms with Gasteiger partial charge in [-0.25, -0.2) is 13.2 Å². The third-order valence-corrected chi connectivity index (χ3v) is 7.04. The third kappa shape index (κ3) is 2.82. The first-order chi connectivity index (χ1) is 10.4. The minimum absolute atomic E-state index is 0.0698. The topological polar surface area (TPSA) is 0 Å². The highest BCUT2D eigenvalue weighted by Gasteiger charge is 2.63. The van der Waals surface area contributed by atoms with Gasteiger partial charge in [-0.05, 0) is 55.8 Å². The second kappa shape index (κ2) is 6.36. The molecule has 3 fully saturated rings. The van der Waals surface area contributed by atoms with E-state index in [0.29, 0.717) is 6.42 Å². The highest BCUT2D eigenvalue weighted by molar-refractivity contribution is 5.05. The van der Waals surface area contributed by atoms with Crippen LogP contribution in [-0.2, 0) is 0 Å². The Labute approximate surface area is 133 Å². The molecule has 0 heterocycles. The summed E-state index contributed by atoms with van der Waals surface area (Å²) in [5.74, 6) is -3.70. The summed E-state index contributed by atoms with van der Waals surface area (Å²) >= 11 is 0. The molecular weight excluding hydrogens is 285 g/mol. The SMILES string of the molecule is CCCC1CCC(C2CC3CCC(C)C(F)C3C2(F)F)CC1. The van der Waals surface area contributed by atoms with E-state index in [4.69, 9.17) is 0 Å². The lowest BCUT2D eigenvalue weighted by atomic mass is 9.72. The number of alkyl halides is 3. The first kappa shape index (κ1) is 16.6. The van der Waals surface area contributed by atoms with Crippen molar-refractivity contribution in [2.75, 3.05) is 0 Å². The average molecular weight is 316 g/mol. The lowest BCUT2D eigenvalue weighted by Gasteiger charge is -2.38. The summed E-state index contributed by atoms with van der Waals surface area (Å²) in [5.41, 5.74) is 0. The number of fused-ring (bicyclic) bond motifs is 1. The second-order valence-corrected chi connectivity index (χ2v) is 8.37. The zero-order valence-electron chi connectivity index (χ0n) is 14.0. The van der Waals surface area contributed by atoms with Gasteiger partial charge in [0.25, 0.3) is 5.92 Å². The fourth-order valence-electron chi connectivity index (χ4n) is 5.75. The van der Waals surface area contributed by atoms with Gasteiger partial charge in [-0.3, -0.25) is 0 Å². The molecule has 3 aliphatic carbocycles. The van der Waals surface area contributed by atoms with Crippen LogP contribution in [0.15, 0.2) is 0 Å². The maximum absolute atomic E-state index is 15.0. The number of halogens is 3. The zero-order valence-corrected chi connectivity index (χ0v) is 14.0. The van der Waals surface area contributed by atoms with E-state index in [0.717, 1.165) is 44.4 Å². The minimum Gasteiger partial charge on any atom is -0.247 e. The molecule has 0 radical (unpaired) electrons. The molecule has 0 spiro atoms. The lowest BCUT2D eigenvalue weighted by molar-refractivity contribution is -0.136. The summed E-state index contributed by atoms with van der Waals surface area (Å²) in [7, 11) is 0. The van der Waals surface area contributed by atoms with Crippen LogP contribution in [0, 0.1) is 35.5 Å². The van der Waals surface area contributed by atoms with Crippen LogP contribution in [0.25, 0.3) is 0 Å². The summed E-state index contributed by atoms with van der Waals surface area (Å²) in [6, 6.07) is 0. The molecule has 5 unspecified atom stereocenters. The Morgan fingerprint density at radius 2 is 1.59 bits per heavy atom. The van der Waals surface area contributed by atoms with E-state index in [1.807, 2.05) is 0 Å². The van der Waals surface area contributed by atoms with E-state index in [-0.39, 0.29) is 17.8 Å². The molecule has 0 aromatic rings. The smallest absolute Gasteiger partial charge is 0.247 e. The van der Waals surface area contributed by atoms with E-state index < -0.39 is 23.9 Å². The van der Waals surface area contributed by atoms with Crippen molar-refractivity contribution in [3.63, 3.8) is 0 Å². The van der Waals surface area contributed by atoms with Crippen LogP contribution < -0.4 is 0 Å². The molecule has 3 saturated carbocycles. The fourth-order valence-corrected chi connectivity index (χ4v) is 5.75.